The number of nitrogens with zero attached hydrogens (tertiary/aromatic N) is 1. The number of ether oxygens (including phenoxy) is 2. The smallest absolute Gasteiger partial charge is 0.333 e. The fourth-order valence-electron chi connectivity index (χ4n) is 2.09. The predicted octanol–water partition coefficient (Wildman–Crippen LogP) is 2.21. The number of carbonyl (C=O) groups is 2. The number of aliphatic hydroxyl groups is 1. The molecule has 0 atom stereocenters. The third kappa shape index (κ3) is 7.37. The van der Waals surface area contributed by atoms with Crippen molar-refractivity contribution in [2.75, 3.05) is 40.4 Å². The number of quaternary nitrogens is 1. The maximum Gasteiger partial charge on any atom is 0.333 e. The number of hydrogen-bond donors (Lipinski definition) is 1. The van der Waals surface area contributed by atoms with Crippen molar-refractivity contribution < 1.29 is 28.7 Å². The Morgan fingerprint density at radius 3 is 2.15 bits per heavy atom. The molecule has 144 valence electrons. The van der Waals surface area contributed by atoms with Gasteiger partial charge in [0.2, 0.25) is 0 Å². The summed E-state index contributed by atoms with van der Waals surface area (Å²) < 4.78 is 11.5. The average Bonchev–Trinajstić information content (AvgIpc) is 2.53. The number of likely N-dealkylation sites (N-methyl/N-ethyl adjacent to an activating group) is 1. The molecule has 1 N–H and O–H groups in total. The monoisotopic (exact) mass is 364 g/mol. The summed E-state index contributed by atoms with van der Waals surface area (Å²) in [6.07, 6.45) is 0. The SMILES string of the molecule is C=C(C)C(=O)OCC[N+](C)(C)CCOc1ccc(C(=O)C(C)(C)O)cc1. The van der Waals surface area contributed by atoms with Gasteiger partial charge in [-0.05, 0) is 45.0 Å². The summed E-state index contributed by atoms with van der Waals surface area (Å²) in [6, 6.07) is 6.72. The van der Waals surface area contributed by atoms with E-state index in [1.54, 1.807) is 31.2 Å². The molecule has 0 amide bonds. The minimum atomic E-state index is -1.39. The summed E-state index contributed by atoms with van der Waals surface area (Å²) in [7, 11) is 4.06. The lowest BCUT2D eigenvalue weighted by Gasteiger charge is -2.29. The zero-order chi connectivity index (χ0) is 20.0. The third-order valence-electron chi connectivity index (χ3n) is 3.92. The second kappa shape index (κ2) is 8.96. The Morgan fingerprint density at radius 2 is 1.65 bits per heavy atom. The Balaban J connectivity index is 2.43. The van der Waals surface area contributed by atoms with Gasteiger partial charge in [-0.25, -0.2) is 4.79 Å². The molecule has 26 heavy (non-hydrogen) atoms. The van der Waals surface area contributed by atoms with Crippen molar-refractivity contribution in [2.45, 2.75) is 26.4 Å². The average molecular weight is 364 g/mol. The summed E-state index contributed by atoms with van der Waals surface area (Å²) in [4.78, 5) is 23.4. The van der Waals surface area contributed by atoms with Crippen molar-refractivity contribution in [3.63, 3.8) is 0 Å². The molecular formula is C20H30NO5+. The van der Waals surface area contributed by atoms with Crippen LogP contribution < -0.4 is 4.74 Å². The maximum atomic E-state index is 12.0. The van der Waals surface area contributed by atoms with E-state index in [0.29, 0.717) is 41.1 Å². The second-order valence-electron chi connectivity index (χ2n) is 7.56. The fraction of sp³-hybridized carbons (Fsp3) is 0.500. The van der Waals surface area contributed by atoms with Gasteiger partial charge in [-0.1, -0.05) is 6.58 Å². The molecule has 0 saturated carbocycles. The highest BCUT2D eigenvalue weighted by molar-refractivity contribution is 6.01. The number of hydrogen-bond acceptors (Lipinski definition) is 5. The van der Waals surface area contributed by atoms with Gasteiger partial charge in [-0.3, -0.25) is 4.79 Å². The maximum absolute atomic E-state index is 12.0. The molecule has 0 heterocycles. The van der Waals surface area contributed by atoms with E-state index in [-0.39, 0.29) is 11.8 Å². The standard InChI is InChI=1S/C20H30NO5/c1-15(2)19(23)26-14-12-21(5,6)11-13-25-17-9-7-16(8-10-17)18(22)20(3,4)24/h7-10,24H,1,11-14H2,2-6H3/q+1. The van der Waals surface area contributed by atoms with Crippen LogP contribution in [-0.2, 0) is 9.53 Å². The molecule has 0 aliphatic heterocycles. The molecule has 0 aliphatic carbocycles. The molecular weight excluding hydrogens is 334 g/mol. The van der Waals surface area contributed by atoms with E-state index in [1.165, 1.54) is 13.8 Å². The molecule has 0 aliphatic rings. The number of Topliss-reactive ketones (excluding diaryl/α,β-unsaturated/α-hetero) is 1. The van der Waals surface area contributed by atoms with Crippen LogP contribution in [0, 0.1) is 0 Å². The third-order valence-corrected chi connectivity index (χ3v) is 3.92. The fourth-order valence-corrected chi connectivity index (χ4v) is 2.09. The van der Waals surface area contributed by atoms with Gasteiger partial charge in [-0.2, -0.15) is 0 Å². The van der Waals surface area contributed by atoms with Gasteiger partial charge in [0, 0.05) is 11.1 Å². The number of rotatable bonds is 10. The summed E-state index contributed by atoms with van der Waals surface area (Å²) in [6.45, 7) is 10.3. The van der Waals surface area contributed by atoms with Crippen LogP contribution in [0.5, 0.6) is 5.75 Å². The Bertz CT molecular complexity index is 641. The lowest BCUT2D eigenvalue weighted by atomic mass is 9.97. The van der Waals surface area contributed by atoms with E-state index >= 15 is 0 Å². The molecule has 0 unspecified atom stereocenters. The summed E-state index contributed by atoms with van der Waals surface area (Å²) in [5, 5.41) is 9.76. The van der Waals surface area contributed by atoms with E-state index in [4.69, 9.17) is 9.47 Å². The Kier molecular flexibility index (Phi) is 7.54. The lowest BCUT2D eigenvalue weighted by molar-refractivity contribution is -0.890. The van der Waals surface area contributed by atoms with Crippen LogP contribution in [-0.4, -0.2) is 67.3 Å². The zero-order valence-electron chi connectivity index (χ0n) is 16.4. The highest BCUT2D eigenvalue weighted by Gasteiger charge is 2.25. The van der Waals surface area contributed by atoms with Crippen molar-refractivity contribution in [2.24, 2.45) is 0 Å². The normalized spacial score (nSPS) is 11.8. The highest BCUT2D eigenvalue weighted by atomic mass is 16.5. The van der Waals surface area contributed by atoms with E-state index < -0.39 is 5.60 Å². The first kappa shape index (κ1) is 21.9. The Hall–Kier alpha value is -2.18. The van der Waals surface area contributed by atoms with Crippen LogP contribution in [0.2, 0.25) is 0 Å². The first-order valence-corrected chi connectivity index (χ1v) is 8.57. The van der Waals surface area contributed by atoms with Gasteiger partial charge in [0.25, 0.3) is 0 Å². The van der Waals surface area contributed by atoms with Crippen molar-refractivity contribution in [3.05, 3.63) is 42.0 Å². The Labute approximate surface area is 155 Å². The predicted molar refractivity (Wildman–Crippen MR) is 100 cm³/mol. The highest BCUT2D eigenvalue weighted by Crippen LogP contribution is 2.17. The molecule has 1 aromatic carbocycles. The number of carbonyl (C=O) groups excluding carboxylic acids is 2. The van der Waals surface area contributed by atoms with Crippen LogP contribution in [0.4, 0.5) is 0 Å². The summed E-state index contributed by atoms with van der Waals surface area (Å²) in [5.74, 6) is -0.0425. The molecule has 6 nitrogen and oxygen atoms in total. The molecule has 0 aromatic heterocycles. The van der Waals surface area contributed by atoms with Gasteiger partial charge in [-0.15, -0.1) is 0 Å². The zero-order valence-corrected chi connectivity index (χ0v) is 16.4. The Morgan fingerprint density at radius 1 is 1.12 bits per heavy atom. The molecule has 0 spiro atoms. The van der Waals surface area contributed by atoms with E-state index in [0.717, 1.165) is 6.54 Å². The lowest BCUT2D eigenvalue weighted by Crippen LogP contribution is -2.45. The molecule has 0 saturated heterocycles. The van der Waals surface area contributed by atoms with Crippen molar-refractivity contribution in [1.29, 1.82) is 0 Å². The van der Waals surface area contributed by atoms with E-state index in [2.05, 4.69) is 6.58 Å². The van der Waals surface area contributed by atoms with Crippen molar-refractivity contribution in [3.8, 4) is 5.75 Å². The molecule has 0 bridgehead atoms. The second-order valence-corrected chi connectivity index (χ2v) is 7.56. The number of esters is 1. The number of ketones is 1. The van der Waals surface area contributed by atoms with Crippen LogP contribution in [0.15, 0.2) is 36.4 Å². The van der Waals surface area contributed by atoms with Gasteiger partial charge in [0.1, 0.15) is 37.7 Å². The number of benzene rings is 1. The molecule has 1 aromatic rings. The first-order valence-electron chi connectivity index (χ1n) is 8.57. The van der Waals surface area contributed by atoms with Crippen LogP contribution >= 0.6 is 0 Å². The summed E-state index contributed by atoms with van der Waals surface area (Å²) >= 11 is 0. The summed E-state index contributed by atoms with van der Waals surface area (Å²) in [5.41, 5.74) is -0.553. The van der Waals surface area contributed by atoms with Crippen molar-refractivity contribution >= 4 is 11.8 Å². The van der Waals surface area contributed by atoms with Gasteiger partial charge in [0.15, 0.2) is 5.78 Å². The van der Waals surface area contributed by atoms with E-state index in [9.17, 15) is 14.7 Å². The van der Waals surface area contributed by atoms with Crippen LogP contribution in [0.3, 0.4) is 0 Å². The molecule has 0 fully saturated rings. The van der Waals surface area contributed by atoms with Crippen LogP contribution in [0.1, 0.15) is 31.1 Å². The van der Waals surface area contributed by atoms with Gasteiger partial charge >= 0.3 is 5.97 Å². The molecule has 0 radical (unpaired) electrons. The van der Waals surface area contributed by atoms with E-state index in [1.807, 2.05) is 14.1 Å². The molecule has 1 rings (SSSR count). The first-order chi connectivity index (χ1) is 11.9. The largest absolute Gasteiger partial charge is 0.488 e. The minimum absolute atomic E-state index is 0.326. The quantitative estimate of drug-likeness (QED) is 0.298. The van der Waals surface area contributed by atoms with Gasteiger partial charge in [0.05, 0.1) is 14.1 Å². The topological polar surface area (TPSA) is 72.8 Å². The minimum Gasteiger partial charge on any atom is -0.488 e. The van der Waals surface area contributed by atoms with Crippen molar-refractivity contribution in [1.82, 2.24) is 0 Å². The molecule has 6 heteroatoms. The van der Waals surface area contributed by atoms with Crippen LogP contribution in [0.25, 0.3) is 0 Å². The van der Waals surface area contributed by atoms with Gasteiger partial charge < -0.3 is 19.1 Å².